The van der Waals surface area contributed by atoms with Crippen LogP contribution in [0.3, 0.4) is 0 Å². The number of amides is 4. The van der Waals surface area contributed by atoms with Gasteiger partial charge in [0.15, 0.2) is 0 Å². The Morgan fingerprint density at radius 3 is 2.81 bits per heavy atom. The van der Waals surface area contributed by atoms with Gasteiger partial charge in [0.05, 0.1) is 5.02 Å². The molecule has 0 bridgehead atoms. The zero-order valence-corrected chi connectivity index (χ0v) is 14.8. The van der Waals surface area contributed by atoms with E-state index >= 15 is 0 Å². The van der Waals surface area contributed by atoms with Gasteiger partial charge in [-0.05, 0) is 42.2 Å². The van der Waals surface area contributed by atoms with Gasteiger partial charge in [0.25, 0.3) is 5.91 Å². The third-order valence-electron chi connectivity index (χ3n) is 4.93. The summed E-state index contributed by atoms with van der Waals surface area (Å²) in [5.41, 5.74) is 0.960. The Hall–Kier alpha value is -2.93. The van der Waals surface area contributed by atoms with Gasteiger partial charge in [-0.25, -0.2) is 9.18 Å². The highest BCUT2D eigenvalue weighted by molar-refractivity contribution is 6.31. The summed E-state index contributed by atoms with van der Waals surface area (Å²) in [4.78, 5) is 38.6. The molecule has 0 saturated carbocycles. The molecule has 2 N–H and O–H groups in total. The van der Waals surface area contributed by atoms with Crippen LogP contribution < -0.4 is 10.6 Å². The number of nitrogens with zero attached hydrogens (tertiary/aromatic N) is 1. The topological polar surface area (TPSA) is 78.5 Å². The Labute approximate surface area is 159 Å². The summed E-state index contributed by atoms with van der Waals surface area (Å²) in [7, 11) is 0. The van der Waals surface area contributed by atoms with Crippen LogP contribution in [-0.4, -0.2) is 29.3 Å². The largest absolute Gasteiger partial charge is 0.325 e. The second-order valence-corrected chi connectivity index (χ2v) is 6.97. The van der Waals surface area contributed by atoms with Gasteiger partial charge in [-0.2, -0.15) is 0 Å². The number of aryl methyl sites for hydroxylation is 1. The summed E-state index contributed by atoms with van der Waals surface area (Å²) in [6.45, 7) is -0.441. The molecule has 4 rings (SSSR count). The maximum Gasteiger partial charge on any atom is 0.325 e. The fourth-order valence-corrected chi connectivity index (χ4v) is 3.83. The Morgan fingerprint density at radius 2 is 2.04 bits per heavy atom. The van der Waals surface area contributed by atoms with Crippen molar-refractivity contribution in [3.63, 3.8) is 0 Å². The molecule has 0 radical (unpaired) electrons. The molecule has 1 aliphatic carbocycles. The molecule has 0 aromatic heterocycles. The number of urea groups is 1. The summed E-state index contributed by atoms with van der Waals surface area (Å²) >= 11 is 5.69. The predicted octanol–water partition coefficient (Wildman–Crippen LogP) is 2.81. The van der Waals surface area contributed by atoms with Crippen LogP contribution in [0.5, 0.6) is 0 Å². The maximum absolute atomic E-state index is 13.2. The van der Waals surface area contributed by atoms with Gasteiger partial charge >= 0.3 is 6.03 Å². The number of carbonyl (C=O) groups excluding carboxylic acids is 3. The lowest BCUT2D eigenvalue weighted by atomic mass is 9.92. The first-order valence-corrected chi connectivity index (χ1v) is 8.76. The Kier molecular flexibility index (Phi) is 4.11. The van der Waals surface area contributed by atoms with Crippen molar-refractivity contribution in [2.75, 3.05) is 11.9 Å². The number of imide groups is 1. The molecule has 1 aliphatic heterocycles. The number of nitrogens with one attached hydrogen (secondary N) is 2. The number of halogens is 2. The average molecular weight is 388 g/mol. The van der Waals surface area contributed by atoms with Crippen molar-refractivity contribution >= 4 is 35.1 Å². The lowest BCUT2D eigenvalue weighted by Crippen LogP contribution is -2.43. The number of fused-ring (bicyclic) bond motifs is 2. The molecule has 1 heterocycles. The highest BCUT2D eigenvalue weighted by Crippen LogP contribution is 2.41. The first-order valence-electron chi connectivity index (χ1n) is 8.38. The zero-order chi connectivity index (χ0) is 19.2. The molecule has 2 aromatic carbocycles. The van der Waals surface area contributed by atoms with Gasteiger partial charge in [0.1, 0.15) is 17.9 Å². The number of anilines is 1. The third kappa shape index (κ3) is 2.84. The van der Waals surface area contributed by atoms with Crippen LogP contribution in [0.2, 0.25) is 5.02 Å². The predicted molar refractivity (Wildman–Crippen MR) is 96.7 cm³/mol. The number of rotatable bonds is 3. The standard InChI is InChI=1S/C19H15ClFN3O3/c20-14-9-12(5-6-15(14)21)22-16(25)10-24-17(26)19(23-18(24)27)8-7-11-3-1-2-4-13(11)19/h1-6,9H,7-8,10H2,(H,22,25)(H,23,27)/t19-/m1/s1. The van der Waals surface area contributed by atoms with E-state index in [-0.39, 0.29) is 10.7 Å². The second-order valence-electron chi connectivity index (χ2n) is 6.56. The van der Waals surface area contributed by atoms with Gasteiger partial charge in [0.2, 0.25) is 5.91 Å². The van der Waals surface area contributed by atoms with Crippen LogP contribution >= 0.6 is 11.6 Å². The lowest BCUT2D eigenvalue weighted by molar-refractivity contribution is -0.134. The number of hydrogen-bond acceptors (Lipinski definition) is 3. The molecule has 1 spiro atoms. The van der Waals surface area contributed by atoms with Crippen LogP contribution in [-0.2, 0) is 21.5 Å². The van der Waals surface area contributed by atoms with Crippen molar-refractivity contribution in [1.82, 2.24) is 10.2 Å². The smallest absolute Gasteiger partial charge is 0.324 e. The summed E-state index contributed by atoms with van der Waals surface area (Å²) < 4.78 is 13.2. The van der Waals surface area contributed by atoms with E-state index in [2.05, 4.69) is 10.6 Å². The quantitative estimate of drug-likeness (QED) is 0.795. The normalized spacial score (nSPS) is 20.7. The second kappa shape index (κ2) is 6.35. The molecule has 138 valence electrons. The summed E-state index contributed by atoms with van der Waals surface area (Å²) in [6, 6.07) is 10.6. The van der Waals surface area contributed by atoms with Crippen LogP contribution in [0.15, 0.2) is 42.5 Å². The molecular weight excluding hydrogens is 373 g/mol. The van der Waals surface area contributed by atoms with Crippen molar-refractivity contribution in [3.8, 4) is 0 Å². The minimum Gasteiger partial charge on any atom is -0.324 e. The highest BCUT2D eigenvalue weighted by atomic mass is 35.5. The first kappa shape index (κ1) is 17.5. The van der Waals surface area contributed by atoms with E-state index in [0.717, 1.165) is 22.1 Å². The van der Waals surface area contributed by atoms with Gasteiger partial charge < -0.3 is 10.6 Å². The summed E-state index contributed by atoms with van der Waals surface area (Å²) in [6.07, 6.45) is 1.14. The van der Waals surface area contributed by atoms with Gasteiger partial charge in [-0.3, -0.25) is 14.5 Å². The lowest BCUT2D eigenvalue weighted by Gasteiger charge is -2.22. The molecule has 2 aromatic rings. The summed E-state index contributed by atoms with van der Waals surface area (Å²) in [5, 5.41) is 5.14. The van der Waals surface area contributed by atoms with Crippen LogP contribution in [0.4, 0.5) is 14.9 Å². The molecule has 8 heteroatoms. The van der Waals surface area contributed by atoms with Crippen molar-refractivity contribution in [2.24, 2.45) is 0 Å². The van der Waals surface area contributed by atoms with E-state index in [0.29, 0.717) is 12.8 Å². The minimum atomic E-state index is -1.10. The van der Waals surface area contributed by atoms with Crippen molar-refractivity contribution in [1.29, 1.82) is 0 Å². The van der Waals surface area contributed by atoms with E-state index in [1.54, 1.807) is 0 Å². The van der Waals surface area contributed by atoms with Crippen LogP contribution in [0, 0.1) is 5.82 Å². The van der Waals surface area contributed by atoms with E-state index in [1.807, 2.05) is 24.3 Å². The molecular formula is C19H15ClFN3O3. The SMILES string of the molecule is O=C(CN1C(=O)N[C@@]2(CCc3ccccc32)C1=O)Nc1ccc(F)c(Cl)c1. The Morgan fingerprint density at radius 1 is 1.26 bits per heavy atom. The molecule has 27 heavy (non-hydrogen) atoms. The van der Waals surface area contributed by atoms with E-state index in [9.17, 15) is 18.8 Å². The van der Waals surface area contributed by atoms with Crippen LogP contribution in [0.1, 0.15) is 17.5 Å². The zero-order valence-electron chi connectivity index (χ0n) is 14.1. The fourth-order valence-electron chi connectivity index (χ4n) is 3.65. The third-order valence-corrected chi connectivity index (χ3v) is 5.22. The minimum absolute atomic E-state index is 0.135. The number of carbonyl (C=O) groups is 3. The monoisotopic (exact) mass is 387 g/mol. The van der Waals surface area contributed by atoms with Crippen molar-refractivity contribution in [2.45, 2.75) is 18.4 Å². The molecule has 2 aliphatic rings. The van der Waals surface area contributed by atoms with E-state index in [4.69, 9.17) is 11.6 Å². The van der Waals surface area contributed by atoms with Crippen LogP contribution in [0.25, 0.3) is 0 Å². The molecule has 0 unspecified atom stereocenters. The molecule has 4 amide bonds. The Bertz CT molecular complexity index is 980. The molecule has 1 saturated heterocycles. The number of hydrogen-bond donors (Lipinski definition) is 2. The van der Waals surface area contributed by atoms with Gasteiger partial charge in [-0.15, -0.1) is 0 Å². The Balaban J connectivity index is 1.52. The van der Waals surface area contributed by atoms with E-state index in [1.165, 1.54) is 12.1 Å². The first-order chi connectivity index (χ1) is 12.9. The molecule has 1 fully saturated rings. The van der Waals surface area contributed by atoms with Crippen molar-refractivity contribution < 1.29 is 18.8 Å². The number of benzene rings is 2. The van der Waals surface area contributed by atoms with Crippen molar-refractivity contribution in [3.05, 3.63) is 64.4 Å². The molecule has 1 atom stereocenters. The summed E-state index contributed by atoms with van der Waals surface area (Å²) in [5.74, 6) is -1.63. The fraction of sp³-hybridized carbons (Fsp3) is 0.211. The molecule has 6 nitrogen and oxygen atoms in total. The average Bonchev–Trinajstić information content (AvgIpc) is 3.12. The highest BCUT2D eigenvalue weighted by Gasteiger charge is 2.55. The maximum atomic E-state index is 13.2. The van der Waals surface area contributed by atoms with E-state index < -0.39 is 35.7 Å². The van der Waals surface area contributed by atoms with Gasteiger partial charge in [0, 0.05) is 5.69 Å². The van der Waals surface area contributed by atoms with Gasteiger partial charge in [-0.1, -0.05) is 35.9 Å².